The molecule has 5 nitrogen and oxygen atoms in total. The van der Waals surface area contributed by atoms with Crippen LogP contribution < -0.4 is 10.6 Å². The highest BCUT2D eigenvalue weighted by Crippen LogP contribution is 2.18. The Morgan fingerprint density at radius 3 is 2.68 bits per heavy atom. The number of anilines is 2. The minimum absolute atomic E-state index is 0.336. The molecular formula is C14H25N5. The molecule has 0 bridgehead atoms. The zero-order valence-corrected chi connectivity index (χ0v) is 12.4. The predicted octanol–water partition coefficient (Wildman–Crippen LogP) is 2.15. The van der Waals surface area contributed by atoms with Crippen LogP contribution >= 0.6 is 0 Å². The van der Waals surface area contributed by atoms with Gasteiger partial charge in [-0.2, -0.15) is 0 Å². The molecule has 2 heterocycles. The molecule has 2 N–H and O–H groups in total. The van der Waals surface area contributed by atoms with E-state index in [-0.39, 0.29) is 0 Å². The average molecular weight is 263 g/mol. The van der Waals surface area contributed by atoms with Crippen molar-refractivity contribution < 1.29 is 0 Å². The number of hydrogen-bond donors (Lipinski definition) is 2. The quantitative estimate of drug-likeness (QED) is 0.852. The van der Waals surface area contributed by atoms with E-state index in [1.807, 2.05) is 13.1 Å². The van der Waals surface area contributed by atoms with E-state index in [1.165, 1.54) is 19.4 Å². The highest BCUT2D eigenvalue weighted by Gasteiger charge is 2.20. The fourth-order valence-corrected chi connectivity index (χ4v) is 2.40. The molecule has 1 fully saturated rings. The van der Waals surface area contributed by atoms with Gasteiger partial charge in [0.2, 0.25) is 0 Å². The largest absolute Gasteiger partial charge is 0.373 e. The van der Waals surface area contributed by atoms with Crippen molar-refractivity contribution in [2.24, 2.45) is 0 Å². The molecule has 1 unspecified atom stereocenters. The SMILES string of the molecule is CNc1cc(NCC2CCCN2C)nc(C(C)C)n1. The van der Waals surface area contributed by atoms with Crippen molar-refractivity contribution in [3.05, 3.63) is 11.9 Å². The molecule has 1 aromatic rings. The van der Waals surface area contributed by atoms with Crippen LogP contribution in [0.5, 0.6) is 0 Å². The van der Waals surface area contributed by atoms with Crippen LogP contribution in [0.1, 0.15) is 38.4 Å². The zero-order valence-electron chi connectivity index (χ0n) is 12.4. The number of hydrogen-bond acceptors (Lipinski definition) is 5. The molecule has 1 aliphatic rings. The van der Waals surface area contributed by atoms with E-state index in [0.717, 1.165) is 24.0 Å². The minimum Gasteiger partial charge on any atom is -0.373 e. The van der Waals surface area contributed by atoms with Gasteiger partial charge in [-0.3, -0.25) is 0 Å². The Labute approximate surface area is 115 Å². The van der Waals surface area contributed by atoms with Gasteiger partial charge in [0.15, 0.2) is 0 Å². The number of nitrogens with zero attached hydrogens (tertiary/aromatic N) is 3. The van der Waals surface area contributed by atoms with E-state index in [2.05, 4.69) is 46.4 Å². The first-order valence-corrected chi connectivity index (χ1v) is 7.11. The van der Waals surface area contributed by atoms with Gasteiger partial charge in [-0.1, -0.05) is 13.8 Å². The summed E-state index contributed by atoms with van der Waals surface area (Å²) < 4.78 is 0. The molecular weight excluding hydrogens is 238 g/mol. The molecule has 0 spiro atoms. The van der Waals surface area contributed by atoms with Gasteiger partial charge in [0, 0.05) is 31.6 Å². The molecule has 2 rings (SSSR count). The van der Waals surface area contributed by atoms with Crippen molar-refractivity contribution in [1.29, 1.82) is 0 Å². The molecule has 0 amide bonds. The lowest BCUT2D eigenvalue weighted by Crippen LogP contribution is -2.31. The summed E-state index contributed by atoms with van der Waals surface area (Å²) in [5.74, 6) is 3.02. The average Bonchev–Trinajstić information content (AvgIpc) is 2.81. The first kappa shape index (κ1) is 14.1. The molecule has 0 radical (unpaired) electrons. The van der Waals surface area contributed by atoms with Crippen molar-refractivity contribution in [2.75, 3.05) is 37.8 Å². The Bertz CT molecular complexity index is 418. The van der Waals surface area contributed by atoms with Crippen molar-refractivity contribution in [2.45, 2.75) is 38.6 Å². The van der Waals surface area contributed by atoms with Crippen LogP contribution in [0.4, 0.5) is 11.6 Å². The van der Waals surface area contributed by atoms with Gasteiger partial charge >= 0.3 is 0 Å². The summed E-state index contributed by atoms with van der Waals surface area (Å²) in [7, 11) is 4.08. The van der Waals surface area contributed by atoms with Crippen molar-refractivity contribution >= 4 is 11.6 Å². The van der Waals surface area contributed by atoms with Crippen molar-refractivity contribution in [3.63, 3.8) is 0 Å². The van der Waals surface area contributed by atoms with Gasteiger partial charge in [0.1, 0.15) is 17.5 Å². The maximum atomic E-state index is 4.59. The summed E-state index contributed by atoms with van der Waals surface area (Å²) in [4.78, 5) is 11.5. The fraction of sp³-hybridized carbons (Fsp3) is 0.714. The third-order valence-corrected chi connectivity index (χ3v) is 3.71. The summed E-state index contributed by atoms with van der Waals surface area (Å²) in [5.41, 5.74) is 0. The number of likely N-dealkylation sites (tertiary alicyclic amines) is 1. The lowest BCUT2D eigenvalue weighted by Gasteiger charge is -2.20. The Balaban J connectivity index is 2.04. The molecule has 19 heavy (non-hydrogen) atoms. The summed E-state index contributed by atoms with van der Waals surface area (Å²) in [5, 5.41) is 6.55. The molecule has 5 heteroatoms. The highest BCUT2D eigenvalue weighted by molar-refractivity contribution is 5.47. The summed E-state index contributed by atoms with van der Waals surface area (Å²) in [6, 6.07) is 2.59. The maximum absolute atomic E-state index is 4.59. The lowest BCUT2D eigenvalue weighted by atomic mass is 10.2. The van der Waals surface area contributed by atoms with Gasteiger partial charge < -0.3 is 15.5 Å². The summed E-state index contributed by atoms with van der Waals surface area (Å²) >= 11 is 0. The first-order chi connectivity index (χ1) is 9.10. The zero-order chi connectivity index (χ0) is 13.8. The molecule has 1 aliphatic heterocycles. The third kappa shape index (κ3) is 3.56. The number of likely N-dealkylation sites (N-methyl/N-ethyl adjacent to an activating group) is 1. The normalized spacial score (nSPS) is 19.9. The van der Waals surface area contributed by atoms with Crippen molar-refractivity contribution in [3.8, 4) is 0 Å². The van der Waals surface area contributed by atoms with E-state index in [9.17, 15) is 0 Å². The molecule has 106 valence electrons. The molecule has 0 saturated carbocycles. The summed E-state index contributed by atoms with van der Waals surface area (Å²) in [6.07, 6.45) is 2.57. The first-order valence-electron chi connectivity index (χ1n) is 7.11. The molecule has 1 aromatic heterocycles. The number of aromatic nitrogens is 2. The van der Waals surface area contributed by atoms with Crippen LogP contribution in [0.2, 0.25) is 0 Å². The topological polar surface area (TPSA) is 53.1 Å². The van der Waals surface area contributed by atoms with Gasteiger partial charge in [0.25, 0.3) is 0 Å². The molecule has 0 aromatic carbocycles. The van der Waals surface area contributed by atoms with Crippen molar-refractivity contribution in [1.82, 2.24) is 14.9 Å². The van der Waals surface area contributed by atoms with Crippen LogP contribution in [0, 0.1) is 0 Å². The number of rotatable bonds is 5. The Morgan fingerprint density at radius 2 is 2.11 bits per heavy atom. The van der Waals surface area contributed by atoms with E-state index in [1.54, 1.807) is 0 Å². The van der Waals surface area contributed by atoms with Gasteiger partial charge in [-0.05, 0) is 26.4 Å². The van der Waals surface area contributed by atoms with Gasteiger partial charge in [-0.15, -0.1) is 0 Å². The standard InChI is InChI=1S/C14H25N5/c1-10(2)14-17-12(15-3)8-13(18-14)16-9-11-6-5-7-19(11)4/h8,10-11H,5-7,9H2,1-4H3,(H2,15,16,17,18). The predicted molar refractivity (Wildman–Crippen MR) is 79.8 cm³/mol. The highest BCUT2D eigenvalue weighted by atomic mass is 15.2. The monoisotopic (exact) mass is 263 g/mol. The minimum atomic E-state index is 0.336. The second-order valence-electron chi connectivity index (χ2n) is 5.56. The maximum Gasteiger partial charge on any atom is 0.135 e. The van der Waals surface area contributed by atoms with Crippen LogP contribution in [0.25, 0.3) is 0 Å². The second kappa shape index (κ2) is 6.19. The van der Waals surface area contributed by atoms with Gasteiger partial charge in [0.05, 0.1) is 0 Å². The lowest BCUT2D eigenvalue weighted by molar-refractivity contribution is 0.322. The van der Waals surface area contributed by atoms with Crippen LogP contribution in [-0.4, -0.2) is 48.1 Å². The fourth-order valence-electron chi connectivity index (χ4n) is 2.40. The second-order valence-corrected chi connectivity index (χ2v) is 5.56. The smallest absolute Gasteiger partial charge is 0.135 e. The Kier molecular flexibility index (Phi) is 4.58. The van der Waals surface area contributed by atoms with Crippen LogP contribution in [0.3, 0.4) is 0 Å². The van der Waals surface area contributed by atoms with Crippen LogP contribution in [-0.2, 0) is 0 Å². The van der Waals surface area contributed by atoms with E-state index in [0.29, 0.717) is 12.0 Å². The Morgan fingerprint density at radius 1 is 1.37 bits per heavy atom. The summed E-state index contributed by atoms with van der Waals surface area (Å²) in [6.45, 7) is 6.38. The molecule has 1 saturated heterocycles. The van der Waals surface area contributed by atoms with E-state index < -0.39 is 0 Å². The molecule has 1 atom stereocenters. The van der Waals surface area contributed by atoms with Crippen LogP contribution in [0.15, 0.2) is 6.07 Å². The van der Waals surface area contributed by atoms with Gasteiger partial charge in [-0.25, -0.2) is 9.97 Å². The molecule has 0 aliphatic carbocycles. The Hall–Kier alpha value is -1.36. The number of nitrogens with one attached hydrogen (secondary N) is 2. The van der Waals surface area contributed by atoms with E-state index in [4.69, 9.17) is 0 Å². The third-order valence-electron chi connectivity index (χ3n) is 3.71. The van der Waals surface area contributed by atoms with E-state index >= 15 is 0 Å².